The van der Waals surface area contributed by atoms with Gasteiger partial charge in [-0.05, 0) is 37.8 Å². The van der Waals surface area contributed by atoms with Gasteiger partial charge in [0.2, 0.25) is 5.95 Å². The molecule has 2 aromatic heterocycles. The molecule has 0 unspecified atom stereocenters. The monoisotopic (exact) mass is 339 g/mol. The smallest absolute Gasteiger partial charge is 0.213 e. The van der Waals surface area contributed by atoms with E-state index in [0.717, 1.165) is 67.5 Å². The van der Waals surface area contributed by atoms with Gasteiger partial charge in [-0.15, -0.1) is 0 Å². The molecule has 25 heavy (non-hydrogen) atoms. The van der Waals surface area contributed by atoms with Gasteiger partial charge in [-0.2, -0.15) is 4.39 Å². The summed E-state index contributed by atoms with van der Waals surface area (Å²) < 4.78 is 13.2. The van der Waals surface area contributed by atoms with Crippen LogP contribution in [0.4, 0.5) is 4.39 Å². The lowest BCUT2D eigenvalue weighted by Gasteiger charge is -2.28. The number of nitrogens with zero attached hydrogens (tertiary/aromatic N) is 5. The standard InChI is InChI=1S/C19H22FN5/c1-13-14(5-6-18(20)23-13)11-25-9-7-16-15(12-25)10-22-19(24-16)17-4-2-3-8-21-17/h5-6,10H,2-4,7-9,11-12H2,1H3. The van der Waals surface area contributed by atoms with Gasteiger partial charge in [0.25, 0.3) is 0 Å². The predicted octanol–water partition coefficient (Wildman–Crippen LogP) is 2.85. The second-order valence-electron chi connectivity index (χ2n) is 6.79. The van der Waals surface area contributed by atoms with Gasteiger partial charge < -0.3 is 0 Å². The molecule has 0 aliphatic carbocycles. The molecule has 0 spiro atoms. The Balaban J connectivity index is 1.49. The van der Waals surface area contributed by atoms with E-state index in [1.165, 1.54) is 24.5 Å². The van der Waals surface area contributed by atoms with Crippen LogP contribution < -0.4 is 0 Å². The van der Waals surface area contributed by atoms with Crippen LogP contribution in [0, 0.1) is 12.9 Å². The minimum Gasteiger partial charge on any atom is -0.294 e. The highest BCUT2D eigenvalue weighted by Crippen LogP contribution is 2.20. The van der Waals surface area contributed by atoms with Crippen molar-refractivity contribution in [2.45, 2.75) is 45.7 Å². The summed E-state index contributed by atoms with van der Waals surface area (Å²) in [5.74, 6) is 0.391. The summed E-state index contributed by atoms with van der Waals surface area (Å²) >= 11 is 0. The second-order valence-corrected chi connectivity index (χ2v) is 6.79. The molecule has 4 heterocycles. The zero-order valence-electron chi connectivity index (χ0n) is 14.5. The Morgan fingerprint density at radius 2 is 2.08 bits per heavy atom. The molecule has 0 aromatic carbocycles. The summed E-state index contributed by atoms with van der Waals surface area (Å²) in [5, 5.41) is 0. The summed E-state index contributed by atoms with van der Waals surface area (Å²) in [6.07, 6.45) is 6.20. The van der Waals surface area contributed by atoms with Gasteiger partial charge in [-0.25, -0.2) is 15.0 Å². The van der Waals surface area contributed by atoms with Crippen molar-refractivity contribution in [3.63, 3.8) is 0 Å². The highest BCUT2D eigenvalue weighted by Gasteiger charge is 2.21. The fraction of sp³-hybridized carbons (Fsp3) is 0.474. The Bertz CT molecular complexity index is 817. The molecule has 130 valence electrons. The molecule has 0 saturated heterocycles. The van der Waals surface area contributed by atoms with Crippen LogP contribution in [0.5, 0.6) is 0 Å². The van der Waals surface area contributed by atoms with E-state index in [4.69, 9.17) is 4.98 Å². The fourth-order valence-corrected chi connectivity index (χ4v) is 3.50. The number of fused-ring (bicyclic) bond motifs is 1. The Hall–Kier alpha value is -2.21. The minimum absolute atomic E-state index is 0.420. The quantitative estimate of drug-likeness (QED) is 0.807. The molecule has 2 aromatic rings. The SMILES string of the molecule is Cc1nc(F)ccc1CN1CCc2nc(C3=NCCCC3)ncc2C1. The van der Waals surface area contributed by atoms with Crippen LogP contribution in [-0.2, 0) is 19.5 Å². The van der Waals surface area contributed by atoms with E-state index in [-0.39, 0.29) is 0 Å². The number of aryl methyl sites for hydroxylation is 1. The first-order chi connectivity index (χ1) is 12.2. The third-order valence-corrected chi connectivity index (χ3v) is 4.95. The maximum absolute atomic E-state index is 13.2. The van der Waals surface area contributed by atoms with Crippen molar-refractivity contribution >= 4 is 5.71 Å². The number of hydrogen-bond acceptors (Lipinski definition) is 5. The van der Waals surface area contributed by atoms with Gasteiger partial charge in [0.1, 0.15) is 0 Å². The summed E-state index contributed by atoms with van der Waals surface area (Å²) in [6, 6.07) is 3.26. The number of aromatic nitrogens is 3. The zero-order valence-corrected chi connectivity index (χ0v) is 14.5. The Labute approximate surface area is 147 Å². The Morgan fingerprint density at radius 1 is 1.16 bits per heavy atom. The van der Waals surface area contributed by atoms with Crippen LogP contribution in [0.3, 0.4) is 0 Å². The number of hydrogen-bond donors (Lipinski definition) is 0. The van der Waals surface area contributed by atoms with Crippen LogP contribution in [0.25, 0.3) is 0 Å². The molecule has 0 atom stereocenters. The summed E-state index contributed by atoms with van der Waals surface area (Å²) in [5.41, 5.74) is 5.21. The molecule has 0 amide bonds. The van der Waals surface area contributed by atoms with E-state index in [0.29, 0.717) is 0 Å². The maximum Gasteiger partial charge on any atom is 0.213 e. The summed E-state index contributed by atoms with van der Waals surface area (Å²) in [4.78, 5) is 20.2. The van der Waals surface area contributed by atoms with E-state index in [2.05, 4.69) is 19.9 Å². The topological polar surface area (TPSA) is 54.3 Å². The molecule has 2 aliphatic heterocycles. The predicted molar refractivity (Wildman–Crippen MR) is 94.0 cm³/mol. The molecule has 5 nitrogen and oxygen atoms in total. The fourth-order valence-electron chi connectivity index (χ4n) is 3.50. The van der Waals surface area contributed by atoms with Gasteiger partial charge in [0.05, 0.1) is 11.4 Å². The van der Waals surface area contributed by atoms with Gasteiger partial charge in [0.15, 0.2) is 5.82 Å². The van der Waals surface area contributed by atoms with Crippen LogP contribution >= 0.6 is 0 Å². The van der Waals surface area contributed by atoms with Gasteiger partial charge in [-0.1, -0.05) is 6.07 Å². The molecule has 0 fully saturated rings. The average molecular weight is 339 g/mol. The highest BCUT2D eigenvalue weighted by molar-refractivity contribution is 5.97. The number of pyridine rings is 1. The highest BCUT2D eigenvalue weighted by atomic mass is 19.1. The van der Waals surface area contributed by atoms with E-state index in [1.54, 1.807) is 0 Å². The van der Waals surface area contributed by atoms with Crippen LogP contribution in [0.1, 0.15) is 47.6 Å². The lowest BCUT2D eigenvalue weighted by molar-refractivity contribution is 0.242. The van der Waals surface area contributed by atoms with Crippen molar-refractivity contribution in [1.29, 1.82) is 0 Å². The first kappa shape index (κ1) is 16.3. The van der Waals surface area contributed by atoms with Crippen molar-refractivity contribution in [3.05, 3.63) is 52.6 Å². The van der Waals surface area contributed by atoms with Crippen molar-refractivity contribution in [2.75, 3.05) is 13.1 Å². The van der Waals surface area contributed by atoms with Gasteiger partial charge >= 0.3 is 0 Å². The first-order valence-corrected chi connectivity index (χ1v) is 8.92. The van der Waals surface area contributed by atoms with Crippen LogP contribution in [0.2, 0.25) is 0 Å². The van der Waals surface area contributed by atoms with Crippen molar-refractivity contribution in [3.8, 4) is 0 Å². The Kier molecular flexibility index (Phi) is 4.53. The van der Waals surface area contributed by atoms with Crippen molar-refractivity contribution in [2.24, 2.45) is 4.99 Å². The largest absolute Gasteiger partial charge is 0.294 e. The number of halogens is 1. The second kappa shape index (κ2) is 6.96. The molecule has 2 aliphatic rings. The molecular weight excluding hydrogens is 317 g/mol. The molecule has 6 heteroatoms. The third kappa shape index (κ3) is 3.58. The normalized spacial score (nSPS) is 17.9. The van der Waals surface area contributed by atoms with Crippen molar-refractivity contribution < 1.29 is 4.39 Å². The molecule has 0 saturated carbocycles. The van der Waals surface area contributed by atoms with Gasteiger partial charge in [-0.3, -0.25) is 9.89 Å². The maximum atomic E-state index is 13.2. The molecule has 0 bridgehead atoms. The molecule has 0 radical (unpaired) electrons. The van der Waals surface area contributed by atoms with E-state index in [9.17, 15) is 4.39 Å². The van der Waals surface area contributed by atoms with E-state index < -0.39 is 5.95 Å². The molecule has 0 N–H and O–H groups in total. The summed E-state index contributed by atoms with van der Waals surface area (Å²) in [6.45, 7) is 5.28. The van der Waals surface area contributed by atoms with E-state index >= 15 is 0 Å². The number of aliphatic imine (C=N–C) groups is 1. The Morgan fingerprint density at radius 3 is 2.88 bits per heavy atom. The van der Waals surface area contributed by atoms with Crippen LogP contribution in [0.15, 0.2) is 23.3 Å². The van der Waals surface area contributed by atoms with E-state index in [1.807, 2.05) is 19.2 Å². The molecule has 4 rings (SSSR count). The van der Waals surface area contributed by atoms with Crippen molar-refractivity contribution in [1.82, 2.24) is 19.9 Å². The summed E-state index contributed by atoms with van der Waals surface area (Å²) in [7, 11) is 0. The molecular formula is C19H22FN5. The zero-order chi connectivity index (χ0) is 17.2. The van der Waals surface area contributed by atoms with Crippen LogP contribution in [-0.4, -0.2) is 38.7 Å². The lowest BCUT2D eigenvalue weighted by atomic mass is 10.0. The third-order valence-electron chi connectivity index (χ3n) is 4.95. The average Bonchev–Trinajstić information content (AvgIpc) is 2.64. The number of rotatable bonds is 3. The first-order valence-electron chi connectivity index (χ1n) is 8.92. The lowest BCUT2D eigenvalue weighted by Crippen LogP contribution is -2.31. The van der Waals surface area contributed by atoms with Gasteiger partial charge in [0, 0.05) is 50.1 Å². The minimum atomic E-state index is -0.420.